The Hall–Kier alpha value is -2.10. The maximum absolute atomic E-state index is 12.9. The number of nitrogens with one attached hydrogen (secondary N) is 1. The fourth-order valence-electron chi connectivity index (χ4n) is 2.59. The molecular formula is C20H19ClFNO. The molecule has 124 valence electrons. The van der Waals surface area contributed by atoms with E-state index in [1.165, 1.54) is 12.1 Å². The zero-order valence-corrected chi connectivity index (χ0v) is 14.2. The molecular weight excluding hydrogens is 325 g/mol. The van der Waals surface area contributed by atoms with Crippen molar-refractivity contribution in [1.82, 2.24) is 5.32 Å². The molecule has 0 aliphatic rings. The van der Waals surface area contributed by atoms with Crippen molar-refractivity contribution in [3.63, 3.8) is 0 Å². The van der Waals surface area contributed by atoms with Gasteiger partial charge in [-0.25, -0.2) is 4.39 Å². The van der Waals surface area contributed by atoms with Gasteiger partial charge in [0, 0.05) is 10.6 Å². The summed E-state index contributed by atoms with van der Waals surface area (Å²) >= 11 is 6.16. The number of halogens is 2. The Bertz CT molecular complexity index is 811. The lowest BCUT2D eigenvalue weighted by molar-refractivity contribution is 0.494. The molecule has 24 heavy (non-hydrogen) atoms. The summed E-state index contributed by atoms with van der Waals surface area (Å²) in [6, 6.07) is 16.3. The van der Waals surface area contributed by atoms with Crippen LogP contribution >= 0.6 is 11.6 Å². The zero-order valence-electron chi connectivity index (χ0n) is 13.5. The van der Waals surface area contributed by atoms with Crippen LogP contribution in [-0.2, 0) is 13.0 Å². The van der Waals surface area contributed by atoms with Crippen molar-refractivity contribution in [2.75, 3.05) is 6.54 Å². The van der Waals surface area contributed by atoms with Crippen LogP contribution in [0.4, 0.5) is 4.39 Å². The van der Waals surface area contributed by atoms with Crippen LogP contribution in [0.2, 0.25) is 5.02 Å². The van der Waals surface area contributed by atoms with Gasteiger partial charge >= 0.3 is 0 Å². The van der Waals surface area contributed by atoms with Crippen molar-refractivity contribution in [3.8, 4) is 11.3 Å². The van der Waals surface area contributed by atoms with Crippen molar-refractivity contribution in [2.45, 2.75) is 19.9 Å². The predicted octanol–water partition coefficient (Wildman–Crippen LogP) is 5.38. The van der Waals surface area contributed by atoms with E-state index in [1.54, 1.807) is 0 Å². The number of hydrogen-bond donors (Lipinski definition) is 1. The van der Waals surface area contributed by atoms with Gasteiger partial charge in [0.25, 0.3) is 0 Å². The number of rotatable bonds is 6. The Kier molecular flexibility index (Phi) is 5.34. The lowest BCUT2D eigenvalue weighted by atomic mass is 10.1. The highest BCUT2D eigenvalue weighted by Crippen LogP contribution is 2.29. The van der Waals surface area contributed by atoms with Gasteiger partial charge in [-0.3, -0.25) is 0 Å². The molecule has 0 unspecified atom stereocenters. The second kappa shape index (κ2) is 7.65. The van der Waals surface area contributed by atoms with Crippen molar-refractivity contribution >= 4 is 11.6 Å². The molecule has 4 heteroatoms. The number of furan rings is 1. The fourth-order valence-corrected chi connectivity index (χ4v) is 2.76. The van der Waals surface area contributed by atoms with Crippen LogP contribution in [0, 0.1) is 12.7 Å². The predicted molar refractivity (Wildman–Crippen MR) is 95.7 cm³/mol. The van der Waals surface area contributed by atoms with E-state index in [4.69, 9.17) is 16.0 Å². The van der Waals surface area contributed by atoms with Crippen LogP contribution in [-0.4, -0.2) is 6.54 Å². The lowest BCUT2D eigenvalue weighted by Gasteiger charge is -2.05. The Morgan fingerprint density at radius 2 is 1.83 bits per heavy atom. The minimum absolute atomic E-state index is 0.203. The molecule has 0 saturated carbocycles. The highest BCUT2D eigenvalue weighted by atomic mass is 35.5. The molecule has 0 fully saturated rings. The molecule has 0 spiro atoms. The summed E-state index contributed by atoms with van der Waals surface area (Å²) in [6.45, 7) is 3.44. The van der Waals surface area contributed by atoms with Crippen molar-refractivity contribution in [2.24, 2.45) is 0 Å². The standard InChI is InChI=1S/C20H19ClFNO/c1-14-18(3-2-4-19(14)21)20-10-9-17(24-20)13-23-12-11-15-5-7-16(22)8-6-15/h2-10,23H,11-13H2,1H3. The van der Waals surface area contributed by atoms with E-state index in [-0.39, 0.29) is 5.82 Å². The van der Waals surface area contributed by atoms with E-state index in [0.29, 0.717) is 6.54 Å². The molecule has 3 rings (SSSR count). The molecule has 0 saturated heterocycles. The molecule has 1 aromatic heterocycles. The Morgan fingerprint density at radius 1 is 1.04 bits per heavy atom. The third-order valence-electron chi connectivity index (χ3n) is 4.00. The maximum Gasteiger partial charge on any atom is 0.134 e. The first-order valence-corrected chi connectivity index (χ1v) is 8.30. The van der Waals surface area contributed by atoms with Gasteiger partial charge in [0.2, 0.25) is 0 Å². The van der Waals surface area contributed by atoms with Gasteiger partial charge in [0.1, 0.15) is 17.3 Å². The van der Waals surface area contributed by atoms with Crippen LogP contribution in [0.15, 0.2) is 59.0 Å². The Balaban J connectivity index is 1.54. The SMILES string of the molecule is Cc1c(Cl)cccc1-c1ccc(CNCCc2ccc(F)cc2)o1. The summed E-state index contributed by atoms with van der Waals surface area (Å²) in [5, 5.41) is 4.08. The average molecular weight is 344 g/mol. The minimum Gasteiger partial charge on any atom is -0.460 e. The van der Waals surface area contributed by atoms with Gasteiger partial charge < -0.3 is 9.73 Å². The molecule has 0 atom stereocenters. The van der Waals surface area contributed by atoms with E-state index in [1.807, 2.05) is 49.4 Å². The molecule has 3 aromatic rings. The first-order chi connectivity index (χ1) is 11.6. The van der Waals surface area contributed by atoms with E-state index in [2.05, 4.69) is 5.32 Å². The third-order valence-corrected chi connectivity index (χ3v) is 4.41. The average Bonchev–Trinajstić information content (AvgIpc) is 3.04. The first-order valence-electron chi connectivity index (χ1n) is 7.93. The quantitative estimate of drug-likeness (QED) is 0.608. The van der Waals surface area contributed by atoms with Crippen molar-refractivity contribution in [3.05, 3.63) is 82.3 Å². The summed E-state index contributed by atoms with van der Waals surface area (Å²) in [5.74, 6) is 1.50. The van der Waals surface area contributed by atoms with E-state index < -0.39 is 0 Å². The molecule has 0 aliphatic heterocycles. The van der Waals surface area contributed by atoms with Crippen molar-refractivity contribution in [1.29, 1.82) is 0 Å². The molecule has 1 N–H and O–H groups in total. The largest absolute Gasteiger partial charge is 0.460 e. The van der Waals surface area contributed by atoms with Crippen LogP contribution < -0.4 is 5.32 Å². The summed E-state index contributed by atoms with van der Waals surface area (Å²) in [5.41, 5.74) is 3.14. The molecule has 1 heterocycles. The van der Waals surface area contributed by atoms with Crippen LogP contribution in [0.3, 0.4) is 0 Å². The Morgan fingerprint density at radius 3 is 2.62 bits per heavy atom. The Labute approximate surface area is 146 Å². The van der Waals surface area contributed by atoms with Gasteiger partial charge in [-0.2, -0.15) is 0 Å². The molecule has 0 aliphatic carbocycles. The summed E-state index contributed by atoms with van der Waals surface area (Å²) < 4.78 is 18.8. The molecule has 2 nitrogen and oxygen atoms in total. The summed E-state index contributed by atoms with van der Waals surface area (Å²) in [7, 11) is 0. The normalized spacial score (nSPS) is 11.0. The van der Waals surface area contributed by atoms with E-state index >= 15 is 0 Å². The smallest absolute Gasteiger partial charge is 0.134 e. The lowest BCUT2D eigenvalue weighted by Crippen LogP contribution is -2.16. The highest BCUT2D eigenvalue weighted by Gasteiger charge is 2.09. The summed E-state index contributed by atoms with van der Waals surface area (Å²) in [6.07, 6.45) is 0.848. The maximum atomic E-state index is 12.9. The third kappa shape index (κ3) is 4.05. The molecule has 2 aromatic carbocycles. The minimum atomic E-state index is -0.203. The van der Waals surface area contributed by atoms with Gasteiger partial charge in [0.05, 0.1) is 6.54 Å². The van der Waals surface area contributed by atoms with Crippen LogP contribution in [0.1, 0.15) is 16.9 Å². The number of hydrogen-bond acceptors (Lipinski definition) is 2. The molecule has 0 radical (unpaired) electrons. The fraction of sp³-hybridized carbons (Fsp3) is 0.200. The monoisotopic (exact) mass is 343 g/mol. The highest BCUT2D eigenvalue weighted by molar-refractivity contribution is 6.31. The second-order valence-corrected chi connectivity index (χ2v) is 6.14. The van der Waals surface area contributed by atoms with Gasteiger partial charge in [-0.1, -0.05) is 35.9 Å². The van der Waals surface area contributed by atoms with Gasteiger partial charge in [-0.05, 0) is 61.3 Å². The molecule has 0 bridgehead atoms. The van der Waals surface area contributed by atoms with Crippen LogP contribution in [0.5, 0.6) is 0 Å². The second-order valence-electron chi connectivity index (χ2n) is 5.73. The molecule has 0 amide bonds. The first kappa shape index (κ1) is 16.7. The van der Waals surface area contributed by atoms with Crippen LogP contribution in [0.25, 0.3) is 11.3 Å². The van der Waals surface area contributed by atoms with E-state index in [0.717, 1.165) is 46.2 Å². The van der Waals surface area contributed by atoms with Crippen molar-refractivity contribution < 1.29 is 8.81 Å². The van der Waals surface area contributed by atoms with Gasteiger partial charge in [0.15, 0.2) is 0 Å². The zero-order chi connectivity index (χ0) is 16.9. The topological polar surface area (TPSA) is 25.2 Å². The van der Waals surface area contributed by atoms with E-state index in [9.17, 15) is 4.39 Å². The van der Waals surface area contributed by atoms with Gasteiger partial charge in [-0.15, -0.1) is 0 Å². The number of benzene rings is 2. The summed E-state index contributed by atoms with van der Waals surface area (Å²) in [4.78, 5) is 0.